The number of nitrogens with zero attached hydrogens (tertiary/aromatic N) is 4. The Kier molecular flexibility index (Phi) is 2.57. The van der Waals surface area contributed by atoms with Crippen molar-refractivity contribution in [2.75, 3.05) is 0 Å². The Morgan fingerprint density at radius 2 is 2.22 bits per heavy atom. The molecule has 0 unspecified atom stereocenters. The topological polar surface area (TPSA) is 61.1 Å². The molecule has 3 heterocycles. The van der Waals surface area contributed by atoms with E-state index in [4.69, 9.17) is 17.3 Å². The Bertz CT molecular complexity index is 712. The first-order chi connectivity index (χ1) is 8.70. The molecule has 0 radical (unpaired) electrons. The molecule has 3 aromatic rings. The van der Waals surface area contributed by atoms with Crippen LogP contribution in [0.3, 0.4) is 0 Å². The normalized spacial score (nSPS) is 11.3. The minimum absolute atomic E-state index is 0.416. The minimum Gasteiger partial charge on any atom is -0.326 e. The van der Waals surface area contributed by atoms with Crippen LogP contribution in [-0.2, 0) is 13.6 Å². The van der Waals surface area contributed by atoms with Gasteiger partial charge in [-0.25, -0.2) is 4.98 Å². The molecular formula is C12H12ClN5. The van der Waals surface area contributed by atoms with E-state index >= 15 is 0 Å². The molecule has 0 bridgehead atoms. The van der Waals surface area contributed by atoms with Gasteiger partial charge in [0, 0.05) is 31.5 Å². The van der Waals surface area contributed by atoms with Crippen LogP contribution >= 0.6 is 11.6 Å². The number of halogens is 1. The fourth-order valence-electron chi connectivity index (χ4n) is 2.07. The second-order valence-corrected chi connectivity index (χ2v) is 4.42. The van der Waals surface area contributed by atoms with Gasteiger partial charge < -0.3 is 5.73 Å². The molecule has 0 aromatic carbocycles. The van der Waals surface area contributed by atoms with Gasteiger partial charge >= 0.3 is 0 Å². The highest BCUT2D eigenvalue weighted by atomic mass is 35.5. The van der Waals surface area contributed by atoms with Crippen LogP contribution in [0.1, 0.15) is 5.56 Å². The van der Waals surface area contributed by atoms with E-state index in [1.165, 1.54) is 0 Å². The van der Waals surface area contributed by atoms with E-state index in [-0.39, 0.29) is 0 Å². The maximum absolute atomic E-state index is 6.22. The van der Waals surface area contributed by atoms with E-state index in [9.17, 15) is 0 Å². The van der Waals surface area contributed by atoms with Gasteiger partial charge in [0.15, 0.2) is 5.15 Å². The second kappa shape index (κ2) is 4.12. The van der Waals surface area contributed by atoms with Gasteiger partial charge in [0.1, 0.15) is 17.0 Å². The SMILES string of the molecule is Cn1cc(CN)c(-c2c(Cl)nc3ccccn23)n1. The fourth-order valence-corrected chi connectivity index (χ4v) is 2.33. The summed E-state index contributed by atoms with van der Waals surface area (Å²) in [5.41, 5.74) is 9.05. The summed E-state index contributed by atoms with van der Waals surface area (Å²) in [5, 5.41) is 4.87. The van der Waals surface area contributed by atoms with Crippen molar-refractivity contribution in [1.82, 2.24) is 19.2 Å². The molecule has 0 aliphatic rings. The number of nitrogens with two attached hydrogens (primary N) is 1. The molecule has 2 N–H and O–H groups in total. The third-order valence-electron chi connectivity index (χ3n) is 2.84. The van der Waals surface area contributed by atoms with Crippen LogP contribution in [0.25, 0.3) is 17.0 Å². The predicted molar refractivity (Wildman–Crippen MR) is 70.3 cm³/mol. The molecule has 0 saturated carbocycles. The van der Waals surface area contributed by atoms with Crippen molar-refractivity contribution >= 4 is 17.2 Å². The minimum atomic E-state index is 0.416. The van der Waals surface area contributed by atoms with Crippen molar-refractivity contribution in [3.8, 4) is 11.4 Å². The standard InChI is InChI=1S/C12H12ClN5/c1-17-7-8(6-14)10(16-17)11-12(13)15-9-4-2-3-5-18(9)11/h2-5,7H,6,14H2,1H3. The van der Waals surface area contributed by atoms with Crippen LogP contribution in [-0.4, -0.2) is 19.2 Å². The Balaban J connectivity index is 2.33. The van der Waals surface area contributed by atoms with Crippen molar-refractivity contribution in [1.29, 1.82) is 0 Å². The monoisotopic (exact) mass is 261 g/mol. The average Bonchev–Trinajstić information content (AvgIpc) is 2.87. The third kappa shape index (κ3) is 1.60. The van der Waals surface area contributed by atoms with E-state index in [1.807, 2.05) is 42.0 Å². The average molecular weight is 262 g/mol. The van der Waals surface area contributed by atoms with Crippen LogP contribution < -0.4 is 5.73 Å². The number of aryl methyl sites for hydroxylation is 1. The maximum atomic E-state index is 6.22. The number of fused-ring (bicyclic) bond motifs is 1. The van der Waals surface area contributed by atoms with Crippen LogP contribution in [0.5, 0.6) is 0 Å². The van der Waals surface area contributed by atoms with Crippen LogP contribution in [0.4, 0.5) is 0 Å². The van der Waals surface area contributed by atoms with Crippen molar-refractivity contribution < 1.29 is 0 Å². The van der Waals surface area contributed by atoms with Gasteiger partial charge in [-0.15, -0.1) is 0 Å². The van der Waals surface area contributed by atoms with E-state index in [0.717, 1.165) is 22.6 Å². The largest absolute Gasteiger partial charge is 0.326 e. The lowest BCUT2D eigenvalue weighted by Crippen LogP contribution is -1.98. The highest BCUT2D eigenvalue weighted by Crippen LogP contribution is 2.29. The van der Waals surface area contributed by atoms with Crippen molar-refractivity contribution in [3.05, 3.63) is 41.3 Å². The Hall–Kier alpha value is -1.85. The van der Waals surface area contributed by atoms with Gasteiger partial charge in [0.05, 0.1) is 0 Å². The van der Waals surface area contributed by atoms with E-state index < -0.39 is 0 Å². The third-order valence-corrected chi connectivity index (χ3v) is 3.10. The number of rotatable bonds is 2. The summed E-state index contributed by atoms with van der Waals surface area (Å²) in [6.07, 6.45) is 3.81. The smallest absolute Gasteiger partial charge is 0.157 e. The highest BCUT2D eigenvalue weighted by Gasteiger charge is 2.18. The van der Waals surface area contributed by atoms with Gasteiger partial charge in [-0.3, -0.25) is 9.08 Å². The predicted octanol–water partition coefficient (Wildman–Crippen LogP) is 1.85. The lowest BCUT2D eigenvalue weighted by molar-refractivity contribution is 0.768. The summed E-state index contributed by atoms with van der Waals surface area (Å²) >= 11 is 6.22. The van der Waals surface area contributed by atoms with Crippen LogP contribution in [0.2, 0.25) is 5.15 Å². The first-order valence-corrected chi connectivity index (χ1v) is 5.94. The molecule has 0 atom stereocenters. The summed E-state index contributed by atoms with van der Waals surface area (Å²) in [6, 6.07) is 5.75. The molecule has 0 spiro atoms. The van der Waals surface area contributed by atoms with Gasteiger partial charge in [-0.05, 0) is 12.1 Å². The quantitative estimate of drug-likeness (QED) is 0.766. The van der Waals surface area contributed by atoms with Crippen molar-refractivity contribution in [2.24, 2.45) is 12.8 Å². The molecule has 92 valence electrons. The molecule has 0 amide bonds. The van der Waals surface area contributed by atoms with Crippen LogP contribution in [0, 0.1) is 0 Å². The zero-order valence-corrected chi connectivity index (χ0v) is 10.6. The Labute approximate surface area is 109 Å². The van der Waals surface area contributed by atoms with Gasteiger partial charge in [-0.2, -0.15) is 5.10 Å². The summed E-state index contributed by atoms with van der Waals surface area (Å²) in [7, 11) is 1.86. The number of hydrogen-bond donors (Lipinski definition) is 1. The van der Waals surface area contributed by atoms with E-state index in [2.05, 4.69) is 10.1 Å². The first-order valence-electron chi connectivity index (χ1n) is 5.56. The molecule has 0 saturated heterocycles. The lowest BCUT2D eigenvalue weighted by Gasteiger charge is -2.00. The summed E-state index contributed by atoms with van der Waals surface area (Å²) in [6.45, 7) is 0.416. The van der Waals surface area contributed by atoms with E-state index in [1.54, 1.807) is 4.68 Å². The maximum Gasteiger partial charge on any atom is 0.157 e. The van der Waals surface area contributed by atoms with Gasteiger partial charge in [0.2, 0.25) is 0 Å². The summed E-state index contributed by atoms with van der Waals surface area (Å²) in [4.78, 5) is 4.31. The van der Waals surface area contributed by atoms with E-state index in [0.29, 0.717) is 11.7 Å². The fraction of sp³-hybridized carbons (Fsp3) is 0.167. The first kappa shape index (κ1) is 11.3. The second-order valence-electron chi connectivity index (χ2n) is 4.06. The molecule has 5 nitrogen and oxygen atoms in total. The number of aromatic nitrogens is 4. The molecular weight excluding hydrogens is 250 g/mol. The molecule has 0 aliphatic heterocycles. The molecule has 3 aromatic heterocycles. The van der Waals surface area contributed by atoms with Gasteiger partial charge in [0.25, 0.3) is 0 Å². The molecule has 0 fully saturated rings. The zero-order valence-electron chi connectivity index (χ0n) is 9.84. The highest BCUT2D eigenvalue weighted by molar-refractivity contribution is 6.32. The Morgan fingerprint density at radius 3 is 3.00 bits per heavy atom. The molecule has 6 heteroatoms. The van der Waals surface area contributed by atoms with Gasteiger partial charge in [-0.1, -0.05) is 17.7 Å². The Morgan fingerprint density at radius 1 is 1.39 bits per heavy atom. The lowest BCUT2D eigenvalue weighted by atomic mass is 10.2. The summed E-state index contributed by atoms with van der Waals surface area (Å²) in [5.74, 6) is 0. The number of imidazole rings is 1. The van der Waals surface area contributed by atoms with Crippen molar-refractivity contribution in [2.45, 2.75) is 6.54 Å². The zero-order chi connectivity index (χ0) is 12.7. The molecule has 0 aliphatic carbocycles. The molecule has 3 rings (SSSR count). The number of pyridine rings is 1. The van der Waals surface area contributed by atoms with Crippen molar-refractivity contribution in [3.63, 3.8) is 0 Å². The summed E-state index contributed by atoms with van der Waals surface area (Å²) < 4.78 is 3.65. The number of hydrogen-bond acceptors (Lipinski definition) is 3. The molecule has 18 heavy (non-hydrogen) atoms. The van der Waals surface area contributed by atoms with Crippen LogP contribution in [0.15, 0.2) is 30.6 Å².